The lowest BCUT2D eigenvalue weighted by molar-refractivity contribution is 0.162. The highest BCUT2D eigenvalue weighted by molar-refractivity contribution is 5.79. The number of guanidine groups is 1. The van der Waals surface area contributed by atoms with Crippen LogP contribution in [0, 0.1) is 5.41 Å². The number of hydrogen-bond donors (Lipinski definition) is 2. The van der Waals surface area contributed by atoms with E-state index in [1.54, 1.807) is 7.11 Å². The first-order chi connectivity index (χ1) is 10.7. The van der Waals surface area contributed by atoms with Gasteiger partial charge in [-0.1, -0.05) is 19.8 Å². The Hall–Kier alpha value is -0.810. The Bertz CT molecular complexity index is 314. The van der Waals surface area contributed by atoms with E-state index in [0.29, 0.717) is 5.41 Å². The minimum absolute atomic E-state index is 0.456. The Balaban J connectivity index is 2.38. The van der Waals surface area contributed by atoms with Gasteiger partial charge in [-0.25, -0.2) is 0 Å². The van der Waals surface area contributed by atoms with Gasteiger partial charge < -0.3 is 20.3 Å². The molecule has 5 nitrogen and oxygen atoms in total. The fourth-order valence-corrected chi connectivity index (χ4v) is 3.06. The number of hydrogen-bond acceptors (Lipinski definition) is 3. The number of nitrogens with one attached hydrogen (secondary N) is 2. The zero-order valence-corrected chi connectivity index (χ0v) is 15.1. The molecule has 0 aromatic carbocycles. The molecule has 2 N–H and O–H groups in total. The molecule has 5 heteroatoms. The van der Waals surface area contributed by atoms with E-state index in [9.17, 15) is 0 Å². The number of ether oxygens (including phenoxy) is 1. The molecule has 0 aliphatic heterocycles. The van der Waals surface area contributed by atoms with Gasteiger partial charge in [-0.2, -0.15) is 0 Å². The van der Waals surface area contributed by atoms with Crippen LogP contribution in [0.1, 0.15) is 46.0 Å². The number of likely N-dealkylation sites (N-methyl/N-ethyl adjacent to an activating group) is 1. The first kappa shape index (κ1) is 19.2. The van der Waals surface area contributed by atoms with E-state index < -0.39 is 0 Å². The summed E-state index contributed by atoms with van der Waals surface area (Å²) in [5.74, 6) is 0.961. The number of rotatable bonds is 10. The van der Waals surface area contributed by atoms with Crippen molar-refractivity contribution in [2.75, 3.05) is 53.5 Å². The van der Waals surface area contributed by atoms with Gasteiger partial charge in [-0.3, -0.25) is 4.99 Å². The molecule has 1 aliphatic carbocycles. The largest absolute Gasteiger partial charge is 0.383 e. The molecule has 0 aromatic rings. The Morgan fingerprint density at radius 2 is 1.91 bits per heavy atom. The highest BCUT2D eigenvalue weighted by atomic mass is 16.5. The zero-order valence-electron chi connectivity index (χ0n) is 15.1. The maximum atomic E-state index is 5.10. The van der Waals surface area contributed by atoms with Crippen molar-refractivity contribution in [2.24, 2.45) is 10.4 Å². The Kier molecular flexibility index (Phi) is 9.48. The van der Waals surface area contributed by atoms with Crippen LogP contribution in [0.5, 0.6) is 0 Å². The van der Waals surface area contributed by atoms with E-state index in [2.05, 4.69) is 36.4 Å². The molecule has 0 radical (unpaired) electrons. The van der Waals surface area contributed by atoms with Gasteiger partial charge in [0.15, 0.2) is 5.96 Å². The Labute approximate surface area is 136 Å². The van der Waals surface area contributed by atoms with Gasteiger partial charge in [0.1, 0.15) is 0 Å². The smallest absolute Gasteiger partial charge is 0.191 e. The normalized spacial score (nSPS) is 18.0. The fraction of sp³-hybridized carbons (Fsp3) is 0.941. The second-order valence-electron chi connectivity index (χ2n) is 6.48. The molecule has 0 atom stereocenters. The van der Waals surface area contributed by atoms with Gasteiger partial charge in [0, 0.05) is 39.8 Å². The second kappa shape index (κ2) is 10.8. The molecular weight excluding hydrogens is 276 g/mol. The van der Waals surface area contributed by atoms with E-state index in [-0.39, 0.29) is 0 Å². The van der Waals surface area contributed by atoms with Crippen LogP contribution in [0.2, 0.25) is 0 Å². The highest BCUT2D eigenvalue weighted by Gasteiger charge is 2.31. The molecule has 0 heterocycles. The van der Waals surface area contributed by atoms with Gasteiger partial charge in [0.25, 0.3) is 0 Å². The van der Waals surface area contributed by atoms with Crippen molar-refractivity contribution >= 4 is 5.96 Å². The Morgan fingerprint density at radius 1 is 1.18 bits per heavy atom. The van der Waals surface area contributed by atoms with Crippen molar-refractivity contribution in [3.63, 3.8) is 0 Å². The van der Waals surface area contributed by atoms with E-state index in [4.69, 9.17) is 9.73 Å². The van der Waals surface area contributed by atoms with Crippen molar-refractivity contribution in [3.05, 3.63) is 0 Å². The third-order valence-corrected chi connectivity index (χ3v) is 4.79. The molecule has 0 aromatic heterocycles. The molecular formula is C17H36N4O. The van der Waals surface area contributed by atoms with E-state index in [1.165, 1.54) is 32.1 Å². The van der Waals surface area contributed by atoms with Gasteiger partial charge in [0.2, 0.25) is 0 Å². The Morgan fingerprint density at radius 3 is 2.50 bits per heavy atom. The maximum Gasteiger partial charge on any atom is 0.191 e. The summed E-state index contributed by atoms with van der Waals surface area (Å²) >= 11 is 0. The molecule has 0 saturated heterocycles. The summed E-state index contributed by atoms with van der Waals surface area (Å²) in [6.07, 6.45) is 6.67. The average molecular weight is 313 g/mol. The quantitative estimate of drug-likeness (QED) is 0.479. The number of aliphatic imine (C=N–C) groups is 1. The van der Waals surface area contributed by atoms with Crippen molar-refractivity contribution in [1.82, 2.24) is 15.5 Å². The molecule has 1 saturated carbocycles. The van der Waals surface area contributed by atoms with Crippen LogP contribution in [0.4, 0.5) is 0 Å². The van der Waals surface area contributed by atoms with Crippen LogP contribution in [0.25, 0.3) is 0 Å². The predicted octanol–water partition coefficient (Wildman–Crippen LogP) is 2.09. The maximum absolute atomic E-state index is 5.10. The molecule has 0 amide bonds. The first-order valence-electron chi connectivity index (χ1n) is 8.85. The zero-order chi connectivity index (χ0) is 16.3. The van der Waals surface area contributed by atoms with E-state index in [1.807, 2.05) is 0 Å². The summed E-state index contributed by atoms with van der Waals surface area (Å²) in [5, 5.41) is 6.81. The lowest BCUT2D eigenvalue weighted by atomic mass is 9.84. The highest BCUT2D eigenvalue weighted by Crippen LogP contribution is 2.41. The number of nitrogens with zero attached hydrogens (tertiary/aromatic N) is 2. The molecule has 1 fully saturated rings. The van der Waals surface area contributed by atoms with E-state index >= 15 is 0 Å². The SMILES string of the molecule is CCNC(=NCC1(CC)CCCC1)NCCN(C)CCOC. The monoisotopic (exact) mass is 312 g/mol. The van der Waals surface area contributed by atoms with Gasteiger partial charge in [-0.15, -0.1) is 0 Å². The summed E-state index contributed by atoms with van der Waals surface area (Å²) < 4.78 is 5.10. The number of methoxy groups -OCH3 is 1. The van der Waals surface area contributed by atoms with Crippen LogP contribution in [0.3, 0.4) is 0 Å². The molecule has 0 unspecified atom stereocenters. The van der Waals surface area contributed by atoms with Crippen LogP contribution in [-0.2, 0) is 4.74 Å². The van der Waals surface area contributed by atoms with Gasteiger partial charge in [0.05, 0.1) is 6.61 Å². The average Bonchev–Trinajstić information content (AvgIpc) is 3.00. The van der Waals surface area contributed by atoms with Crippen molar-refractivity contribution < 1.29 is 4.74 Å². The molecule has 1 rings (SSSR count). The third-order valence-electron chi connectivity index (χ3n) is 4.79. The van der Waals surface area contributed by atoms with Crippen molar-refractivity contribution in [1.29, 1.82) is 0 Å². The lowest BCUT2D eigenvalue weighted by Gasteiger charge is -2.26. The summed E-state index contributed by atoms with van der Waals surface area (Å²) in [6, 6.07) is 0. The van der Waals surface area contributed by atoms with Crippen LogP contribution >= 0.6 is 0 Å². The van der Waals surface area contributed by atoms with Crippen LogP contribution in [-0.4, -0.2) is 64.3 Å². The standard InChI is InChI=1S/C17H36N4O/c1-5-17(9-7-8-10-17)15-20-16(18-6-2)19-11-12-21(3)13-14-22-4/h5-15H2,1-4H3,(H2,18,19,20). The molecule has 1 aliphatic rings. The molecule has 0 spiro atoms. The lowest BCUT2D eigenvalue weighted by Crippen LogP contribution is -2.42. The van der Waals surface area contributed by atoms with Gasteiger partial charge in [-0.05, 0) is 38.6 Å². The summed E-state index contributed by atoms with van der Waals surface area (Å²) in [5.41, 5.74) is 0.456. The summed E-state index contributed by atoms with van der Waals surface area (Å²) in [6.45, 7) is 9.94. The minimum atomic E-state index is 0.456. The van der Waals surface area contributed by atoms with E-state index in [0.717, 1.165) is 45.3 Å². The topological polar surface area (TPSA) is 48.9 Å². The minimum Gasteiger partial charge on any atom is -0.383 e. The van der Waals surface area contributed by atoms with Crippen molar-refractivity contribution in [2.45, 2.75) is 46.0 Å². The van der Waals surface area contributed by atoms with Crippen LogP contribution in [0.15, 0.2) is 4.99 Å². The summed E-state index contributed by atoms with van der Waals surface area (Å²) in [7, 11) is 3.87. The molecule has 22 heavy (non-hydrogen) atoms. The van der Waals surface area contributed by atoms with Crippen LogP contribution < -0.4 is 10.6 Å². The summed E-state index contributed by atoms with van der Waals surface area (Å²) in [4.78, 5) is 7.12. The third kappa shape index (κ3) is 6.97. The predicted molar refractivity (Wildman–Crippen MR) is 94.5 cm³/mol. The first-order valence-corrected chi connectivity index (χ1v) is 8.85. The van der Waals surface area contributed by atoms with Gasteiger partial charge >= 0.3 is 0 Å². The fourth-order valence-electron chi connectivity index (χ4n) is 3.06. The molecule has 0 bridgehead atoms. The molecule has 130 valence electrons. The second-order valence-corrected chi connectivity index (χ2v) is 6.48. The van der Waals surface area contributed by atoms with Crippen molar-refractivity contribution in [3.8, 4) is 0 Å².